The van der Waals surface area contributed by atoms with E-state index in [9.17, 15) is 9.90 Å². The van der Waals surface area contributed by atoms with Gasteiger partial charge >= 0.3 is 5.97 Å². The van der Waals surface area contributed by atoms with Crippen molar-refractivity contribution in [1.82, 2.24) is 0 Å². The van der Waals surface area contributed by atoms with Crippen LogP contribution in [0, 0.1) is 0 Å². The van der Waals surface area contributed by atoms with Gasteiger partial charge in [-0.05, 0) is 43.4 Å². The van der Waals surface area contributed by atoms with Gasteiger partial charge in [-0.25, -0.2) is 4.79 Å². The van der Waals surface area contributed by atoms with Crippen molar-refractivity contribution in [3.63, 3.8) is 0 Å². The lowest BCUT2D eigenvalue weighted by atomic mass is 9.86. The highest BCUT2D eigenvalue weighted by Crippen LogP contribution is 2.41. The zero-order chi connectivity index (χ0) is 16.7. The molecule has 0 aromatic heterocycles. The van der Waals surface area contributed by atoms with E-state index < -0.39 is 17.6 Å². The Morgan fingerprint density at radius 2 is 2.05 bits per heavy atom. The van der Waals surface area contributed by atoms with E-state index in [1.807, 2.05) is 31.7 Å². The van der Waals surface area contributed by atoms with Crippen LogP contribution in [0.5, 0.6) is 5.75 Å². The highest BCUT2D eigenvalue weighted by atomic mass is 16.5. The van der Waals surface area contributed by atoms with Gasteiger partial charge in [0.1, 0.15) is 17.4 Å². The number of carboxylic acid groups (broad SMARTS) is 1. The second-order valence-corrected chi connectivity index (χ2v) is 7.68. The van der Waals surface area contributed by atoms with Crippen molar-refractivity contribution < 1.29 is 14.6 Å². The number of hydrogen-bond acceptors (Lipinski definition) is 3. The summed E-state index contributed by atoms with van der Waals surface area (Å²) >= 11 is 0. The number of nitrogens with zero attached hydrogens (tertiary/aromatic N) is 1. The van der Waals surface area contributed by atoms with E-state index in [0.29, 0.717) is 13.0 Å². The summed E-state index contributed by atoms with van der Waals surface area (Å²) in [6.45, 7) is 12.9. The van der Waals surface area contributed by atoms with Crippen molar-refractivity contribution >= 4 is 11.7 Å². The Kier molecular flexibility index (Phi) is 4.16. The SMILES string of the molecule is CCC(C(=O)O)N1CC(C)(C)Oc2ccc(C(C)(C)C)cc21. The van der Waals surface area contributed by atoms with Gasteiger partial charge < -0.3 is 14.7 Å². The van der Waals surface area contributed by atoms with Crippen LogP contribution in [-0.4, -0.2) is 29.3 Å². The quantitative estimate of drug-likeness (QED) is 0.922. The molecule has 22 heavy (non-hydrogen) atoms. The van der Waals surface area contributed by atoms with Crippen LogP contribution in [-0.2, 0) is 10.2 Å². The van der Waals surface area contributed by atoms with Gasteiger partial charge in [-0.1, -0.05) is 33.8 Å². The minimum Gasteiger partial charge on any atom is -0.484 e. The summed E-state index contributed by atoms with van der Waals surface area (Å²) in [4.78, 5) is 13.6. The molecule has 1 heterocycles. The molecule has 0 bridgehead atoms. The molecule has 1 N–H and O–H groups in total. The summed E-state index contributed by atoms with van der Waals surface area (Å²) in [6, 6.07) is 5.59. The van der Waals surface area contributed by atoms with Crippen LogP contribution in [0.4, 0.5) is 5.69 Å². The molecule has 0 amide bonds. The van der Waals surface area contributed by atoms with Crippen molar-refractivity contribution in [2.75, 3.05) is 11.4 Å². The number of rotatable bonds is 3. The zero-order valence-corrected chi connectivity index (χ0v) is 14.4. The van der Waals surface area contributed by atoms with E-state index in [0.717, 1.165) is 11.4 Å². The van der Waals surface area contributed by atoms with Gasteiger partial charge in [0, 0.05) is 0 Å². The molecule has 1 unspecified atom stereocenters. The lowest BCUT2D eigenvalue weighted by Crippen LogP contribution is -2.53. The minimum atomic E-state index is -0.785. The Hall–Kier alpha value is -1.71. The molecule has 1 aliphatic rings. The maximum absolute atomic E-state index is 11.6. The standard InChI is InChI=1S/C18H27NO3/c1-7-13(16(20)21)19-11-18(5,6)22-15-9-8-12(10-14(15)19)17(2,3)4/h8-10,13H,7,11H2,1-6H3,(H,20,21). The maximum atomic E-state index is 11.6. The highest BCUT2D eigenvalue weighted by molar-refractivity contribution is 5.80. The molecule has 0 spiro atoms. The van der Waals surface area contributed by atoms with Gasteiger partial charge in [0.25, 0.3) is 0 Å². The Labute approximate surface area is 133 Å². The lowest BCUT2D eigenvalue weighted by molar-refractivity contribution is -0.138. The number of carboxylic acids is 1. The van der Waals surface area contributed by atoms with Crippen molar-refractivity contribution in [2.24, 2.45) is 0 Å². The molecular formula is C18H27NO3. The summed E-state index contributed by atoms with van der Waals surface area (Å²) in [5.41, 5.74) is 1.68. The van der Waals surface area contributed by atoms with Crippen LogP contribution < -0.4 is 9.64 Å². The van der Waals surface area contributed by atoms with Crippen molar-refractivity contribution in [1.29, 1.82) is 0 Å². The highest BCUT2D eigenvalue weighted by Gasteiger charge is 2.37. The van der Waals surface area contributed by atoms with Crippen molar-refractivity contribution in [3.8, 4) is 5.75 Å². The fourth-order valence-electron chi connectivity index (χ4n) is 2.93. The largest absolute Gasteiger partial charge is 0.484 e. The third-order valence-corrected chi connectivity index (χ3v) is 4.12. The Bertz CT molecular complexity index is 572. The van der Waals surface area contributed by atoms with Crippen molar-refractivity contribution in [2.45, 2.75) is 65.0 Å². The molecule has 0 radical (unpaired) electrons. The monoisotopic (exact) mass is 305 g/mol. The minimum absolute atomic E-state index is 0.0125. The third kappa shape index (κ3) is 3.21. The van der Waals surface area contributed by atoms with Crippen LogP contribution in [0.25, 0.3) is 0 Å². The average Bonchev–Trinajstić information content (AvgIpc) is 2.36. The molecule has 4 nitrogen and oxygen atoms in total. The fraction of sp³-hybridized carbons (Fsp3) is 0.611. The summed E-state index contributed by atoms with van der Waals surface area (Å²) in [5, 5.41) is 9.57. The lowest BCUT2D eigenvalue weighted by Gasteiger charge is -2.43. The summed E-state index contributed by atoms with van der Waals surface area (Å²) in [6.07, 6.45) is 0.560. The Morgan fingerprint density at radius 1 is 1.41 bits per heavy atom. The van der Waals surface area contributed by atoms with Gasteiger partial charge in [0.15, 0.2) is 0 Å². The molecule has 1 aromatic carbocycles. The molecule has 4 heteroatoms. The second kappa shape index (κ2) is 5.49. The summed E-state index contributed by atoms with van der Waals surface area (Å²) in [7, 11) is 0. The smallest absolute Gasteiger partial charge is 0.326 e. The number of anilines is 1. The predicted octanol–water partition coefficient (Wildman–Crippen LogP) is 3.82. The first-order valence-electron chi connectivity index (χ1n) is 7.88. The van der Waals surface area contributed by atoms with Gasteiger partial charge in [0.2, 0.25) is 0 Å². The molecule has 0 fully saturated rings. The number of benzene rings is 1. The van der Waals surface area contributed by atoms with E-state index in [1.54, 1.807) is 0 Å². The molecule has 1 atom stereocenters. The van der Waals surface area contributed by atoms with E-state index >= 15 is 0 Å². The number of ether oxygens (including phenoxy) is 1. The Balaban J connectivity index is 2.55. The summed E-state index contributed by atoms with van der Waals surface area (Å²) < 4.78 is 6.06. The summed E-state index contributed by atoms with van der Waals surface area (Å²) in [5.74, 6) is -0.0174. The normalized spacial score (nSPS) is 18.4. The first-order valence-corrected chi connectivity index (χ1v) is 7.88. The first-order chi connectivity index (χ1) is 10.0. The molecule has 0 saturated heterocycles. The number of aliphatic carboxylic acids is 1. The average molecular weight is 305 g/mol. The molecule has 2 rings (SSSR count). The maximum Gasteiger partial charge on any atom is 0.326 e. The zero-order valence-electron chi connectivity index (χ0n) is 14.4. The molecular weight excluding hydrogens is 278 g/mol. The van der Waals surface area contributed by atoms with Crippen LogP contribution in [0.3, 0.4) is 0 Å². The van der Waals surface area contributed by atoms with Gasteiger partial charge in [-0.2, -0.15) is 0 Å². The van der Waals surface area contributed by atoms with Crippen molar-refractivity contribution in [3.05, 3.63) is 23.8 Å². The van der Waals surface area contributed by atoms with Gasteiger partial charge in [-0.3, -0.25) is 0 Å². The molecule has 1 aliphatic heterocycles. The van der Waals surface area contributed by atoms with Gasteiger partial charge in [0.05, 0.1) is 12.2 Å². The van der Waals surface area contributed by atoms with E-state index in [-0.39, 0.29) is 5.41 Å². The van der Waals surface area contributed by atoms with E-state index in [1.165, 1.54) is 5.56 Å². The molecule has 122 valence electrons. The van der Waals surface area contributed by atoms with Crippen LogP contribution in [0.2, 0.25) is 0 Å². The fourth-order valence-corrected chi connectivity index (χ4v) is 2.93. The van der Waals surface area contributed by atoms with E-state index in [4.69, 9.17) is 4.74 Å². The van der Waals surface area contributed by atoms with Gasteiger partial charge in [-0.15, -0.1) is 0 Å². The number of fused-ring (bicyclic) bond motifs is 1. The third-order valence-electron chi connectivity index (χ3n) is 4.12. The predicted molar refractivity (Wildman–Crippen MR) is 88.9 cm³/mol. The van der Waals surface area contributed by atoms with E-state index in [2.05, 4.69) is 32.9 Å². The molecule has 1 aromatic rings. The van der Waals surface area contributed by atoms with Crippen LogP contribution >= 0.6 is 0 Å². The topological polar surface area (TPSA) is 49.8 Å². The Morgan fingerprint density at radius 3 is 2.55 bits per heavy atom. The first kappa shape index (κ1) is 16.7. The second-order valence-electron chi connectivity index (χ2n) is 7.68. The van der Waals surface area contributed by atoms with Crippen LogP contribution in [0.15, 0.2) is 18.2 Å². The van der Waals surface area contributed by atoms with Crippen LogP contribution in [0.1, 0.15) is 53.5 Å². The number of carbonyl (C=O) groups is 1. The number of hydrogen-bond donors (Lipinski definition) is 1. The molecule has 0 aliphatic carbocycles. The molecule has 0 saturated carbocycles.